The number of hydrogen-bond donors (Lipinski definition) is 1. The van der Waals surface area contributed by atoms with Gasteiger partial charge in [0.25, 0.3) is 5.91 Å². The van der Waals surface area contributed by atoms with Gasteiger partial charge in [-0.25, -0.2) is 12.8 Å². The molecule has 3 rings (SSSR count). The quantitative estimate of drug-likeness (QED) is 0.493. The number of anilines is 1. The second kappa shape index (κ2) is 10.5. The van der Waals surface area contributed by atoms with E-state index >= 15 is 0 Å². The fourth-order valence-electron chi connectivity index (χ4n) is 3.36. The standard InChI is InChI=1S/C25H27FN2O4S/c1-4-32-24-8-6-5-7-23(24)28(33(3,30)31)17-19-9-11-21(12-10-19)25(29)27-18(2)20-13-15-22(26)16-14-20/h5-16,18H,4,17H2,1-3H3,(H,27,29). The molecule has 33 heavy (non-hydrogen) atoms. The molecule has 0 bridgehead atoms. The molecule has 0 aliphatic heterocycles. The summed E-state index contributed by atoms with van der Waals surface area (Å²) in [5.74, 6) is -0.129. The van der Waals surface area contributed by atoms with Crippen molar-refractivity contribution in [2.24, 2.45) is 0 Å². The third-order valence-corrected chi connectivity index (χ3v) is 6.22. The van der Waals surface area contributed by atoms with Crippen molar-refractivity contribution in [3.63, 3.8) is 0 Å². The maximum atomic E-state index is 13.1. The highest BCUT2D eigenvalue weighted by Crippen LogP contribution is 2.31. The summed E-state index contributed by atoms with van der Waals surface area (Å²) in [6.07, 6.45) is 1.15. The Morgan fingerprint density at radius 2 is 1.67 bits per heavy atom. The maximum absolute atomic E-state index is 13.1. The lowest BCUT2D eigenvalue weighted by molar-refractivity contribution is 0.0940. The van der Waals surface area contributed by atoms with Gasteiger partial charge in [-0.2, -0.15) is 0 Å². The Morgan fingerprint density at radius 1 is 1.03 bits per heavy atom. The molecule has 0 aromatic heterocycles. The molecule has 3 aromatic carbocycles. The van der Waals surface area contributed by atoms with Crippen LogP contribution in [-0.2, 0) is 16.6 Å². The van der Waals surface area contributed by atoms with E-state index in [2.05, 4.69) is 5.32 Å². The zero-order valence-electron chi connectivity index (χ0n) is 18.8. The maximum Gasteiger partial charge on any atom is 0.251 e. The van der Waals surface area contributed by atoms with Gasteiger partial charge < -0.3 is 10.1 Å². The number of benzene rings is 3. The number of carbonyl (C=O) groups excluding carboxylic acids is 1. The molecule has 0 saturated heterocycles. The summed E-state index contributed by atoms with van der Waals surface area (Å²) < 4.78 is 45.1. The van der Waals surface area contributed by atoms with Crippen LogP contribution < -0.4 is 14.4 Å². The van der Waals surface area contributed by atoms with Crippen molar-refractivity contribution in [1.29, 1.82) is 0 Å². The number of ether oxygens (including phenoxy) is 1. The lowest BCUT2D eigenvalue weighted by Gasteiger charge is -2.24. The Morgan fingerprint density at radius 3 is 2.27 bits per heavy atom. The molecule has 0 heterocycles. The predicted molar refractivity (Wildman–Crippen MR) is 127 cm³/mol. The number of amides is 1. The largest absolute Gasteiger partial charge is 0.492 e. The number of carbonyl (C=O) groups is 1. The molecule has 8 heteroatoms. The molecule has 1 amide bonds. The summed E-state index contributed by atoms with van der Waals surface area (Å²) in [4.78, 5) is 12.6. The minimum absolute atomic E-state index is 0.0940. The van der Waals surface area contributed by atoms with Crippen molar-refractivity contribution in [3.8, 4) is 5.75 Å². The SMILES string of the molecule is CCOc1ccccc1N(Cc1ccc(C(=O)NC(C)c2ccc(F)cc2)cc1)S(C)(=O)=O. The first-order chi connectivity index (χ1) is 15.7. The van der Waals surface area contributed by atoms with E-state index in [1.54, 1.807) is 60.7 Å². The van der Waals surface area contributed by atoms with Gasteiger partial charge in [-0.1, -0.05) is 36.4 Å². The van der Waals surface area contributed by atoms with Crippen molar-refractivity contribution in [1.82, 2.24) is 5.32 Å². The number of para-hydroxylation sites is 2. The van der Waals surface area contributed by atoms with E-state index in [1.807, 2.05) is 13.8 Å². The average Bonchev–Trinajstić information content (AvgIpc) is 2.78. The van der Waals surface area contributed by atoms with Crippen LogP contribution in [0.25, 0.3) is 0 Å². The van der Waals surface area contributed by atoms with Crippen LogP contribution in [0.4, 0.5) is 10.1 Å². The smallest absolute Gasteiger partial charge is 0.251 e. The van der Waals surface area contributed by atoms with Gasteiger partial charge in [-0.15, -0.1) is 0 Å². The third kappa shape index (κ3) is 6.32. The molecule has 0 aliphatic rings. The molecule has 174 valence electrons. The minimum Gasteiger partial charge on any atom is -0.492 e. The van der Waals surface area contributed by atoms with Crippen LogP contribution in [0.2, 0.25) is 0 Å². The van der Waals surface area contributed by atoms with Gasteiger partial charge in [-0.3, -0.25) is 9.10 Å². The lowest BCUT2D eigenvalue weighted by Crippen LogP contribution is -2.30. The highest BCUT2D eigenvalue weighted by molar-refractivity contribution is 7.92. The van der Waals surface area contributed by atoms with Crippen LogP contribution in [0.5, 0.6) is 5.75 Å². The summed E-state index contributed by atoms with van der Waals surface area (Å²) in [5.41, 5.74) is 2.40. The summed E-state index contributed by atoms with van der Waals surface area (Å²) in [5, 5.41) is 2.88. The summed E-state index contributed by atoms with van der Waals surface area (Å²) in [7, 11) is -3.59. The molecule has 0 saturated carbocycles. The monoisotopic (exact) mass is 470 g/mol. The van der Waals surface area contributed by atoms with Gasteiger partial charge in [0.1, 0.15) is 11.6 Å². The Hall–Kier alpha value is -3.39. The zero-order valence-corrected chi connectivity index (χ0v) is 19.6. The van der Waals surface area contributed by atoms with Gasteiger partial charge in [0, 0.05) is 5.56 Å². The van der Waals surface area contributed by atoms with Crippen LogP contribution in [0, 0.1) is 5.82 Å². The molecule has 6 nitrogen and oxygen atoms in total. The highest BCUT2D eigenvalue weighted by Gasteiger charge is 2.21. The Labute approximate surface area is 194 Å². The van der Waals surface area contributed by atoms with Crippen LogP contribution in [0.3, 0.4) is 0 Å². The topological polar surface area (TPSA) is 75.7 Å². The van der Waals surface area contributed by atoms with Crippen molar-refractivity contribution >= 4 is 21.6 Å². The molecule has 0 spiro atoms. The number of halogens is 1. The zero-order chi connectivity index (χ0) is 24.0. The normalized spacial score (nSPS) is 12.1. The molecule has 0 fully saturated rings. The molecule has 0 aliphatic carbocycles. The summed E-state index contributed by atoms with van der Waals surface area (Å²) in [6.45, 7) is 4.16. The molecule has 1 atom stereocenters. The second-order valence-electron chi connectivity index (χ2n) is 7.61. The summed E-state index contributed by atoms with van der Waals surface area (Å²) >= 11 is 0. The fraction of sp³-hybridized carbons (Fsp3) is 0.240. The first-order valence-electron chi connectivity index (χ1n) is 10.5. The molecule has 0 radical (unpaired) electrons. The number of rotatable bonds is 9. The molecule has 1 unspecified atom stereocenters. The predicted octanol–water partition coefficient (Wildman–Crippen LogP) is 4.68. The van der Waals surface area contributed by atoms with E-state index in [1.165, 1.54) is 16.4 Å². The summed E-state index contributed by atoms with van der Waals surface area (Å²) in [6, 6.07) is 19.4. The van der Waals surface area contributed by atoms with Crippen LogP contribution >= 0.6 is 0 Å². The average molecular weight is 471 g/mol. The van der Waals surface area contributed by atoms with E-state index in [4.69, 9.17) is 4.74 Å². The fourth-order valence-corrected chi connectivity index (χ4v) is 4.26. The number of nitrogens with zero attached hydrogens (tertiary/aromatic N) is 1. The van der Waals surface area contributed by atoms with E-state index in [-0.39, 0.29) is 24.3 Å². The van der Waals surface area contributed by atoms with Gasteiger partial charge >= 0.3 is 0 Å². The first kappa shape index (κ1) is 24.3. The van der Waals surface area contributed by atoms with Crippen LogP contribution in [0.15, 0.2) is 72.8 Å². The molecule has 1 N–H and O–H groups in total. The molecular formula is C25H27FN2O4S. The van der Waals surface area contributed by atoms with E-state index < -0.39 is 10.0 Å². The van der Waals surface area contributed by atoms with Crippen molar-refractivity contribution < 1.29 is 22.3 Å². The van der Waals surface area contributed by atoms with Gasteiger partial charge in [-0.05, 0) is 61.4 Å². The Bertz CT molecular complexity index is 1200. The molecule has 3 aromatic rings. The number of nitrogens with one attached hydrogen (secondary N) is 1. The van der Waals surface area contributed by atoms with Crippen molar-refractivity contribution in [3.05, 3.63) is 95.3 Å². The number of hydrogen-bond acceptors (Lipinski definition) is 4. The van der Waals surface area contributed by atoms with E-state index in [0.29, 0.717) is 23.6 Å². The lowest BCUT2D eigenvalue weighted by atomic mass is 10.1. The Balaban J connectivity index is 1.75. The van der Waals surface area contributed by atoms with Crippen molar-refractivity contribution in [2.45, 2.75) is 26.4 Å². The van der Waals surface area contributed by atoms with E-state index in [0.717, 1.165) is 17.4 Å². The Kier molecular flexibility index (Phi) is 7.71. The highest BCUT2D eigenvalue weighted by atomic mass is 32.2. The van der Waals surface area contributed by atoms with Crippen LogP contribution in [0.1, 0.15) is 41.4 Å². The first-order valence-corrected chi connectivity index (χ1v) is 12.4. The third-order valence-electron chi connectivity index (χ3n) is 5.09. The second-order valence-corrected chi connectivity index (χ2v) is 9.52. The van der Waals surface area contributed by atoms with Gasteiger partial charge in [0.2, 0.25) is 10.0 Å². The number of sulfonamides is 1. The van der Waals surface area contributed by atoms with Crippen molar-refractivity contribution in [2.75, 3.05) is 17.2 Å². The minimum atomic E-state index is -3.59. The molecular weight excluding hydrogens is 443 g/mol. The van der Waals surface area contributed by atoms with Gasteiger partial charge in [0.15, 0.2) is 0 Å². The van der Waals surface area contributed by atoms with Crippen LogP contribution in [-0.4, -0.2) is 27.2 Å². The van der Waals surface area contributed by atoms with E-state index in [9.17, 15) is 17.6 Å². The van der Waals surface area contributed by atoms with Gasteiger partial charge in [0.05, 0.1) is 31.1 Å².